The van der Waals surface area contributed by atoms with Gasteiger partial charge in [-0.15, -0.1) is 0 Å². The topological polar surface area (TPSA) is 28.2 Å². The smallest absolute Gasteiger partial charge is 0.130 e. The third-order valence-corrected chi connectivity index (χ3v) is 3.82. The van der Waals surface area contributed by atoms with Crippen molar-refractivity contribution in [3.63, 3.8) is 0 Å². The number of nitrogens with one attached hydrogen (secondary N) is 1. The molecule has 0 saturated carbocycles. The van der Waals surface area contributed by atoms with Crippen LogP contribution in [0.2, 0.25) is 0 Å². The van der Waals surface area contributed by atoms with E-state index in [0.29, 0.717) is 0 Å². The molecule has 3 nitrogen and oxygen atoms in total. The summed E-state index contributed by atoms with van der Waals surface area (Å²) in [6.45, 7) is 4.09. The third kappa shape index (κ3) is 3.26. The van der Waals surface area contributed by atoms with Gasteiger partial charge in [0, 0.05) is 29.9 Å². The Morgan fingerprint density at radius 3 is 2.47 bits per heavy atom. The van der Waals surface area contributed by atoms with Crippen molar-refractivity contribution in [3.05, 3.63) is 46.1 Å². The summed E-state index contributed by atoms with van der Waals surface area (Å²) in [5.41, 5.74) is 4.49. The van der Waals surface area contributed by atoms with Crippen molar-refractivity contribution in [1.82, 2.24) is 4.98 Å². The Morgan fingerprint density at radius 1 is 1.11 bits per heavy atom. The molecule has 0 spiro atoms. The van der Waals surface area contributed by atoms with Gasteiger partial charge in [-0.1, -0.05) is 6.07 Å². The number of hydrogen-bond donors (Lipinski definition) is 1. The van der Waals surface area contributed by atoms with Crippen LogP contribution in [0.3, 0.4) is 0 Å². The van der Waals surface area contributed by atoms with Crippen LogP contribution in [0.1, 0.15) is 11.3 Å². The average molecular weight is 320 g/mol. The van der Waals surface area contributed by atoms with E-state index in [4.69, 9.17) is 0 Å². The van der Waals surface area contributed by atoms with Crippen molar-refractivity contribution in [2.75, 3.05) is 24.3 Å². The van der Waals surface area contributed by atoms with Crippen LogP contribution in [0, 0.1) is 13.8 Å². The lowest BCUT2D eigenvalue weighted by molar-refractivity contribution is 1.11. The lowest BCUT2D eigenvalue weighted by Gasteiger charge is -2.17. The zero-order chi connectivity index (χ0) is 14.0. The quantitative estimate of drug-likeness (QED) is 0.915. The Bertz CT molecular complexity index is 594. The summed E-state index contributed by atoms with van der Waals surface area (Å²) in [6, 6.07) is 10.3. The van der Waals surface area contributed by atoms with Gasteiger partial charge in [0.05, 0.1) is 5.69 Å². The number of anilines is 3. The van der Waals surface area contributed by atoms with Gasteiger partial charge in [-0.25, -0.2) is 4.98 Å². The molecule has 0 aliphatic carbocycles. The molecule has 1 N–H and O–H groups in total. The Labute approximate surface area is 122 Å². The standard InChI is InChI=1S/C15H18BrN3/c1-10-5-6-12(9-14(10)19(3)4)18-15-8-7-13(16)11(2)17-15/h5-9H,1-4H3,(H,17,18). The van der Waals surface area contributed by atoms with Crippen LogP contribution >= 0.6 is 15.9 Å². The van der Waals surface area contributed by atoms with Gasteiger partial charge < -0.3 is 10.2 Å². The molecular weight excluding hydrogens is 302 g/mol. The normalized spacial score (nSPS) is 10.4. The lowest BCUT2D eigenvalue weighted by Crippen LogP contribution is -2.10. The van der Waals surface area contributed by atoms with Crippen molar-refractivity contribution < 1.29 is 0 Å². The first-order valence-electron chi connectivity index (χ1n) is 6.15. The summed E-state index contributed by atoms with van der Waals surface area (Å²) < 4.78 is 1.02. The van der Waals surface area contributed by atoms with E-state index < -0.39 is 0 Å². The minimum Gasteiger partial charge on any atom is -0.377 e. The molecule has 0 aliphatic heterocycles. The van der Waals surface area contributed by atoms with Gasteiger partial charge in [-0.2, -0.15) is 0 Å². The van der Waals surface area contributed by atoms with Crippen molar-refractivity contribution in [2.45, 2.75) is 13.8 Å². The Morgan fingerprint density at radius 2 is 1.84 bits per heavy atom. The first kappa shape index (κ1) is 13.9. The molecule has 4 heteroatoms. The number of pyridine rings is 1. The van der Waals surface area contributed by atoms with E-state index in [1.807, 2.05) is 33.2 Å². The minimum absolute atomic E-state index is 0.856. The molecule has 2 aromatic rings. The molecule has 0 aliphatic rings. The van der Waals surface area contributed by atoms with Gasteiger partial charge in [0.2, 0.25) is 0 Å². The molecule has 0 bridgehead atoms. The third-order valence-electron chi connectivity index (χ3n) is 2.98. The molecule has 0 atom stereocenters. The van der Waals surface area contributed by atoms with Crippen molar-refractivity contribution in [3.8, 4) is 0 Å². The average Bonchev–Trinajstić information content (AvgIpc) is 2.36. The number of aryl methyl sites for hydroxylation is 2. The van der Waals surface area contributed by atoms with Crippen LogP contribution in [0.5, 0.6) is 0 Å². The fraction of sp³-hybridized carbons (Fsp3) is 0.267. The number of benzene rings is 1. The van der Waals surface area contributed by atoms with Gasteiger partial charge >= 0.3 is 0 Å². The van der Waals surface area contributed by atoms with E-state index in [1.165, 1.54) is 11.3 Å². The molecule has 0 amide bonds. The molecule has 0 saturated heterocycles. The highest BCUT2D eigenvalue weighted by molar-refractivity contribution is 9.10. The van der Waals surface area contributed by atoms with E-state index in [-0.39, 0.29) is 0 Å². The molecular formula is C15H18BrN3. The summed E-state index contributed by atoms with van der Waals surface area (Å²) in [4.78, 5) is 6.61. The van der Waals surface area contributed by atoms with Gasteiger partial charge in [-0.05, 0) is 59.6 Å². The van der Waals surface area contributed by atoms with Gasteiger partial charge in [0.25, 0.3) is 0 Å². The van der Waals surface area contributed by atoms with E-state index in [0.717, 1.165) is 21.7 Å². The van der Waals surface area contributed by atoms with Crippen LogP contribution in [0.25, 0.3) is 0 Å². The molecule has 2 rings (SSSR count). The highest BCUT2D eigenvalue weighted by Gasteiger charge is 2.04. The molecule has 0 radical (unpaired) electrons. The van der Waals surface area contributed by atoms with Crippen LogP contribution in [0.15, 0.2) is 34.8 Å². The highest BCUT2D eigenvalue weighted by atomic mass is 79.9. The second kappa shape index (κ2) is 5.61. The van der Waals surface area contributed by atoms with Crippen molar-refractivity contribution in [1.29, 1.82) is 0 Å². The van der Waals surface area contributed by atoms with E-state index >= 15 is 0 Å². The summed E-state index contributed by atoms with van der Waals surface area (Å²) in [5, 5.41) is 3.34. The summed E-state index contributed by atoms with van der Waals surface area (Å²) in [5.74, 6) is 0.856. The zero-order valence-corrected chi connectivity index (χ0v) is 13.2. The summed E-state index contributed by atoms with van der Waals surface area (Å²) in [6.07, 6.45) is 0. The van der Waals surface area contributed by atoms with E-state index in [1.54, 1.807) is 0 Å². The van der Waals surface area contributed by atoms with Crippen LogP contribution in [-0.4, -0.2) is 19.1 Å². The van der Waals surface area contributed by atoms with Gasteiger partial charge in [0.15, 0.2) is 0 Å². The first-order valence-corrected chi connectivity index (χ1v) is 6.95. The predicted molar refractivity (Wildman–Crippen MR) is 85.5 cm³/mol. The van der Waals surface area contributed by atoms with Crippen LogP contribution in [0.4, 0.5) is 17.2 Å². The molecule has 100 valence electrons. The Kier molecular flexibility index (Phi) is 4.10. The molecule has 0 fully saturated rings. The van der Waals surface area contributed by atoms with Crippen molar-refractivity contribution in [2.24, 2.45) is 0 Å². The number of aromatic nitrogens is 1. The molecule has 1 aromatic carbocycles. The van der Waals surface area contributed by atoms with Gasteiger partial charge in [-0.3, -0.25) is 0 Å². The SMILES string of the molecule is Cc1ccc(Nc2ccc(Br)c(C)n2)cc1N(C)C. The minimum atomic E-state index is 0.856. The highest BCUT2D eigenvalue weighted by Crippen LogP contribution is 2.25. The number of hydrogen-bond acceptors (Lipinski definition) is 3. The maximum absolute atomic E-state index is 4.49. The second-order valence-electron chi connectivity index (χ2n) is 4.78. The molecule has 0 unspecified atom stereocenters. The summed E-state index contributed by atoms with van der Waals surface area (Å²) in [7, 11) is 4.10. The second-order valence-corrected chi connectivity index (χ2v) is 5.64. The first-order chi connectivity index (χ1) is 8.97. The van der Waals surface area contributed by atoms with Crippen LogP contribution in [-0.2, 0) is 0 Å². The number of nitrogens with zero attached hydrogens (tertiary/aromatic N) is 2. The fourth-order valence-corrected chi connectivity index (χ4v) is 2.15. The Hall–Kier alpha value is -1.55. The fourth-order valence-electron chi connectivity index (χ4n) is 1.93. The van der Waals surface area contributed by atoms with Gasteiger partial charge in [0.1, 0.15) is 5.82 Å². The number of rotatable bonds is 3. The Balaban J connectivity index is 2.28. The molecule has 19 heavy (non-hydrogen) atoms. The maximum Gasteiger partial charge on any atom is 0.130 e. The number of halogens is 1. The molecule has 1 aromatic heterocycles. The monoisotopic (exact) mass is 319 g/mol. The maximum atomic E-state index is 4.49. The van der Waals surface area contributed by atoms with Crippen molar-refractivity contribution >= 4 is 33.1 Å². The van der Waals surface area contributed by atoms with E-state index in [9.17, 15) is 0 Å². The lowest BCUT2D eigenvalue weighted by atomic mass is 10.1. The van der Waals surface area contributed by atoms with Crippen LogP contribution < -0.4 is 10.2 Å². The van der Waals surface area contributed by atoms with E-state index in [2.05, 4.69) is 56.3 Å². The molecule has 1 heterocycles. The summed E-state index contributed by atoms with van der Waals surface area (Å²) >= 11 is 3.46. The zero-order valence-electron chi connectivity index (χ0n) is 11.7. The predicted octanol–water partition coefficient (Wildman–Crippen LogP) is 4.27. The largest absolute Gasteiger partial charge is 0.377 e.